The van der Waals surface area contributed by atoms with Gasteiger partial charge in [0.2, 0.25) is 0 Å². The van der Waals surface area contributed by atoms with E-state index >= 15 is 0 Å². The Balaban J connectivity index is 0.00000200. The summed E-state index contributed by atoms with van der Waals surface area (Å²) in [6, 6.07) is 7.22. The largest absolute Gasteiger partial charge is 0.352 e. The van der Waals surface area contributed by atoms with Crippen molar-refractivity contribution in [2.45, 2.75) is 6.42 Å². The molecular formula is C12H17ClN6O. The number of rotatable bonds is 6. The summed E-state index contributed by atoms with van der Waals surface area (Å²) in [5, 5.41) is 16.9. The molecule has 0 radical (unpaired) electrons. The van der Waals surface area contributed by atoms with Crippen LogP contribution in [0.1, 0.15) is 16.8 Å². The molecule has 0 saturated carbocycles. The molecule has 0 aliphatic rings. The number of carbonyl (C=O) groups excluding carboxylic acids is 1. The molecular weight excluding hydrogens is 280 g/mol. The van der Waals surface area contributed by atoms with Crippen molar-refractivity contribution in [3.63, 3.8) is 0 Å². The Morgan fingerprint density at radius 1 is 1.30 bits per heavy atom. The molecule has 0 fully saturated rings. The molecule has 0 bridgehead atoms. The van der Waals surface area contributed by atoms with Gasteiger partial charge in [0, 0.05) is 6.54 Å². The van der Waals surface area contributed by atoms with E-state index in [4.69, 9.17) is 0 Å². The quantitative estimate of drug-likeness (QED) is 0.755. The topological polar surface area (TPSA) is 84.7 Å². The molecule has 2 rings (SSSR count). The zero-order valence-corrected chi connectivity index (χ0v) is 11.9. The first kappa shape index (κ1) is 16.1. The molecule has 7 nitrogen and oxygen atoms in total. The number of amides is 1. The number of carbonyl (C=O) groups is 1. The van der Waals surface area contributed by atoms with Crippen LogP contribution in [-0.4, -0.2) is 46.3 Å². The van der Waals surface area contributed by atoms with Crippen molar-refractivity contribution in [1.82, 2.24) is 30.8 Å². The molecule has 1 aromatic heterocycles. The van der Waals surface area contributed by atoms with Crippen LogP contribution in [0.5, 0.6) is 0 Å². The highest BCUT2D eigenvalue weighted by Crippen LogP contribution is 2.12. The molecule has 0 aliphatic heterocycles. The number of hydrogen-bond donors (Lipinski definition) is 2. The molecule has 1 aromatic carbocycles. The number of nitrogens with zero attached hydrogens (tertiary/aromatic N) is 4. The van der Waals surface area contributed by atoms with Crippen molar-refractivity contribution in [3.05, 3.63) is 36.2 Å². The summed E-state index contributed by atoms with van der Waals surface area (Å²) in [4.78, 5) is 12.1. The fourth-order valence-corrected chi connectivity index (χ4v) is 1.70. The van der Waals surface area contributed by atoms with Crippen LogP contribution in [0.3, 0.4) is 0 Å². The summed E-state index contributed by atoms with van der Waals surface area (Å²) < 4.78 is 1.47. The zero-order chi connectivity index (χ0) is 13.5. The van der Waals surface area contributed by atoms with Crippen molar-refractivity contribution >= 4 is 18.3 Å². The number of hydrogen-bond acceptors (Lipinski definition) is 5. The summed E-state index contributed by atoms with van der Waals surface area (Å²) in [5.41, 5.74) is 1.22. The summed E-state index contributed by atoms with van der Waals surface area (Å²) in [7, 11) is 1.88. The number of tetrazole rings is 1. The Kier molecular flexibility index (Phi) is 6.61. The second kappa shape index (κ2) is 8.23. The summed E-state index contributed by atoms with van der Waals surface area (Å²) in [6.07, 6.45) is 2.35. The van der Waals surface area contributed by atoms with Gasteiger partial charge < -0.3 is 10.6 Å². The van der Waals surface area contributed by atoms with E-state index in [2.05, 4.69) is 26.2 Å². The molecule has 108 valence electrons. The molecule has 0 unspecified atom stereocenters. The average Bonchev–Trinajstić information content (AvgIpc) is 2.97. The van der Waals surface area contributed by atoms with Gasteiger partial charge in [0.15, 0.2) is 0 Å². The maximum absolute atomic E-state index is 12.1. The Bertz CT molecular complexity index is 531. The van der Waals surface area contributed by atoms with Crippen molar-refractivity contribution in [2.75, 3.05) is 20.1 Å². The molecule has 2 aromatic rings. The van der Waals surface area contributed by atoms with E-state index in [-0.39, 0.29) is 18.3 Å². The minimum atomic E-state index is -0.123. The first-order chi connectivity index (χ1) is 9.33. The number of nitrogens with one attached hydrogen (secondary N) is 2. The van der Waals surface area contributed by atoms with Crippen LogP contribution in [0.2, 0.25) is 0 Å². The van der Waals surface area contributed by atoms with Crippen LogP contribution in [-0.2, 0) is 0 Å². The van der Waals surface area contributed by atoms with Crippen LogP contribution in [0.15, 0.2) is 30.6 Å². The SMILES string of the molecule is CNCCCNC(=O)c1ccccc1-n1cnnn1.Cl. The highest BCUT2D eigenvalue weighted by Gasteiger charge is 2.12. The normalized spacial score (nSPS) is 9.85. The second-order valence-electron chi connectivity index (χ2n) is 3.98. The first-order valence-corrected chi connectivity index (χ1v) is 6.08. The molecule has 20 heavy (non-hydrogen) atoms. The summed E-state index contributed by atoms with van der Waals surface area (Å²) >= 11 is 0. The van der Waals surface area contributed by atoms with Gasteiger partial charge >= 0.3 is 0 Å². The third-order valence-corrected chi connectivity index (χ3v) is 2.63. The maximum atomic E-state index is 12.1. The molecule has 0 aliphatic carbocycles. The van der Waals surface area contributed by atoms with Crippen LogP contribution in [0.25, 0.3) is 5.69 Å². The number of halogens is 1. The molecule has 0 saturated heterocycles. The minimum absolute atomic E-state index is 0. The number of benzene rings is 1. The van der Waals surface area contributed by atoms with E-state index in [1.54, 1.807) is 12.1 Å². The highest BCUT2D eigenvalue weighted by molar-refractivity contribution is 5.97. The van der Waals surface area contributed by atoms with Crippen LogP contribution in [0, 0.1) is 0 Å². The van der Waals surface area contributed by atoms with Gasteiger partial charge in [0.25, 0.3) is 5.91 Å². The van der Waals surface area contributed by atoms with Crippen molar-refractivity contribution < 1.29 is 4.79 Å². The van der Waals surface area contributed by atoms with E-state index in [1.165, 1.54) is 11.0 Å². The van der Waals surface area contributed by atoms with E-state index in [1.807, 2.05) is 19.2 Å². The van der Waals surface area contributed by atoms with Crippen LogP contribution < -0.4 is 10.6 Å². The van der Waals surface area contributed by atoms with E-state index in [0.29, 0.717) is 17.8 Å². The highest BCUT2D eigenvalue weighted by atomic mass is 35.5. The van der Waals surface area contributed by atoms with Gasteiger partial charge in [-0.05, 0) is 42.6 Å². The number of para-hydroxylation sites is 1. The van der Waals surface area contributed by atoms with Crippen LogP contribution >= 0.6 is 12.4 Å². The van der Waals surface area contributed by atoms with Gasteiger partial charge in [-0.1, -0.05) is 12.1 Å². The van der Waals surface area contributed by atoms with Gasteiger partial charge in [-0.25, -0.2) is 0 Å². The predicted octanol–water partition coefficient (Wildman–Crippen LogP) is 0.423. The average molecular weight is 297 g/mol. The lowest BCUT2D eigenvalue weighted by Gasteiger charge is -2.09. The lowest BCUT2D eigenvalue weighted by molar-refractivity contribution is 0.0953. The van der Waals surface area contributed by atoms with Crippen molar-refractivity contribution in [2.24, 2.45) is 0 Å². The predicted molar refractivity (Wildman–Crippen MR) is 77.3 cm³/mol. The summed E-state index contributed by atoms with van der Waals surface area (Å²) in [5.74, 6) is -0.123. The first-order valence-electron chi connectivity index (χ1n) is 6.08. The van der Waals surface area contributed by atoms with Gasteiger partial charge in [-0.3, -0.25) is 4.79 Å². The van der Waals surface area contributed by atoms with E-state index in [9.17, 15) is 4.79 Å². The Morgan fingerprint density at radius 3 is 2.80 bits per heavy atom. The van der Waals surface area contributed by atoms with E-state index < -0.39 is 0 Å². The Labute approximate surface area is 123 Å². The molecule has 1 amide bonds. The fraction of sp³-hybridized carbons (Fsp3) is 0.333. The molecule has 2 N–H and O–H groups in total. The molecule has 0 spiro atoms. The smallest absolute Gasteiger partial charge is 0.253 e. The third kappa shape index (κ3) is 4.01. The van der Waals surface area contributed by atoms with Gasteiger partial charge in [0.1, 0.15) is 6.33 Å². The molecule has 1 heterocycles. The zero-order valence-electron chi connectivity index (χ0n) is 11.1. The van der Waals surface area contributed by atoms with Gasteiger partial charge in [-0.2, -0.15) is 4.68 Å². The lowest BCUT2D eigenvalue weighted by Crippen LogP contribution is -2.27. The van der Waals surface area contributed by atoms with Crippen molar-refractivity contribution in [1.29, 1.82) is 0 Å². The third-order valence-electron chi connectivity index (χ3n) is 2.63. The van der Waals surface area contributed by atoms with E-state index in [0.717, 1.165) is 13.0 Å². The summed E-state index contributed by atoms with van der Waals surface area (Å²) in [6.45, 7) is 1.50. The standard InChI is InChI=1S/C12H16N6O.ClH/c1-13-7-4-8-14-12(19)10-5-2-3-6-11(10)18-9-15-16-17-18;/h2-3,5-6,9,13H,4,7-8H2,1H3,(H,14,19);1H. The lowest BCUT2D eigenvalue weighted by atomic mass is 10.1. The number of aromatic nitrogens is 4. The monoisotopic (exact) mass is 296 g/mol. The Hall–Kier alpha value is -1.99. The maximum Gasteiger partial charge on any atom is 0.253 e. The minimum Gasteiger partial charge on any atom is -0.352 e. The van der Waals surface area contributed by atoms with Gasteiger partial charge in [0.05, 0.1) is 11.3 Å². The Morgan fingerprint density at radius 2 is 2.10 bits per heavy atom. The molecule has 0 atom stereocenters. The van der Waals surface area contributed by atoms with Crippen molar-refractivity contribution in [3.8, 4) is 5.69 Å². The second-order valence-corrected chi connectivity index (χ2v) is 3.98. The van der Waals surface area contributed by atoms with Crippen LogP contribution in [0.4, 0.5) is 0 Å². The van der Waals surface area contributed by atoms with Gasteiger partial charge in [-0.15, -0.1) is 17.5 Å². The molecule has 8 heteroatoms. The fourth-order valence-electron chi connectivity index (χ4n) is 1.70.